The van der Waals surface area contributed by atoms with Crippen LogP contribution in [0.15, 0.2) is 34.2 Å². The maximum Gasteiger partial charge on any atom is 0.259 e. The number of hydrogen-bond acceptors (Lipinski definition) is 6. The molecule has 0 atom stereocenters. The van der Waals surface area contributed by atoms with Gasteiger partial charge in [0.1, 0.15) is 11.3 Å². The van der Waals surface area contributed by atoms with Gasteiger partial charge in [-0.3, -0.25) is 4.79 Å². The van der Waals surface area contributed by atoms with Crippen LogP contribution in [0.3, 0.4) is 0 Å². The van der Waals surface area contributed by atoms with Gasteiger partial charge >= 0.3 is 0 Å². The molecule has 0 saturated heterocycles. The van der Waals surface area contributed by atoms with Gasteiger partial charge in [-0.25, -0.2) is 0 Å². The van der Waals surface area contributed by atoms with Gasteiger partial charge < -0.3 is 15.6 Å². The second-order valence-corrected chi connectivity index (χ2v) is 6.88. The highest BCUT2D eigenvalue weighted by molar-refractivity contribution is 7.19. The number of rotatable bonds is 4. The molecule has 0 fully saturated rings. The molecule has 0 aliphatic carbocycles. The van der Waals surface area contributed by atoms with E-state index in [9.17, 15) is 4.79 Å². The van der Waals surface area contributed by atoms with Crippen LogP contribution in [0.2, 0.25) is 4.34 Å². The number of halogens is 1. The van der Waals surface area contributed by atoms with E-state index in [2.05, 4.69) is 10.5 Å². The molecule has 0 radical (unpaired) electrons. The highest BCUT2D eigenvalue weighted by Gasteiger charge is 2.23. The van der Waals surface area contributed by atoms with E-state index in [4.69, 9.17) is 21.9 Å². The highest BCUT2D eigenvalue weighted by Crippen LogP contribution is 2.34. The van der Waals surface area contributed by atoms with Gasteiger partial charge in [-0.1, -0.05) is 22.8 Å². The molecule has 5 nitrogen and oxygen atoms in total. The summed E-state index contributed by atoms with van der Waals surface area (Å²) in [6.07, 6.45) is 0. The monoisotopic (exact) mass is 339 g/mol. The maximum atomic E-state index is 12.3. The summed E-state index contributed by atoms with van der Waals surface area (Å²) in [6.45, 7) is 0.436. The van der Waals surface area contributed by atoms with Crippen molar-refractivity contribution in [3.05, 3.63) is 44.4 Å². The van der Waals surface area contributed by atoms with Crippen molar-refractivity contribution >= 4 is 46.1 Å². The Kier molecular flexibility index (Phi) is 3.96. The van der Waals surface area contributed by atoms with Crippen LogP contribution in [0.4, 0.5) is 5.88 Å². The van der Waals surface area contributed by atoms with Crippen molar-refractivity contribution in [2.45, 2.75) is 6.54 Å². The topological polar surface area (TPSA) is 81.2 Å². The van der Waals surface area contributed by atoms with Gasteiger partial charge in [0.25, 0.3) is 5.91 Å². The van der Waals surface area contributed by atoms with Gasteiger partial charge in [-0.05, 0) is 23.6 Å². The summed E-state index contributed by atoms with van der Waals surface area (Å²) < 4.78 is 5.56. The van der Waals surface area contributed by atoms with Crippen LogP contribution in [0.1, 0.15) is 15.2 Å². The van der Waals surface area contributed by atoms with Crippen molar-refractivity contribution in [3.8, 4) is 10.6 Å². The van der Waals surface area contributed by atoms with E-state index < -0.39 is 0 Å². The van der Waals surface area contributed by atoms with Gasteiger partial charge in [0.05, 0.1) is 15.8 Å². The molecule has 108 valence electrons. The quantitative estimate of drug-likeness (QED) is 0.760. The fourth-order valence-electron chi connectivity index (χ4n) is 1.80. The normalized spacial score (nSPS) is 10.7. The average Bonchev–Trinajstić information content (AvgIpc) is 3.17. The molecule has 3 heterocycles. The first-order valence-electron chi connectivity index (χ1n) is 5.96. The Labute approximate surface area is 133 Å². The van der Waals surface area contributed by atoms with Crippen molar-refractivity contribution in [2.75, 3.05) is 5.73 Å². The molecule has 0 bridgehead atoms. The van der Waals surface area contributed by atoms with Crippen molar-refractivity contribution < 1.29 is 9.32 Å². The summed E-state index contributed by atoms with van der Waals surface area (Å²) in [4.78, 5) is 14.1. The van der Waals surface area contributed by atoms with Gasteiger partial charge in [0, 0.05) is 4.88 Å². The summed E-state index contributed by atoms with van der Waals surface area (Å²) in [5, 5.41) is 8.62. The Bertz CT molecular complexity index is 764. The molecular weight excluding hydrogens is 330 g/mol. The Morgan fingerprint density at radius 2 is 2.29 bits per heavy atom. The van der Waals surface area contributed by atoms with Crippen LogP contribution >= 0.6 is 34.3 Å². The lowest BCUT2D eigenvalue weighted by Gasteiger charge is -2.03. The zero-order valence-electron chi connectivity index (χ0n) is 10.6. The van der Waals surface area contributed by atoms with Crippen molar-refractivity contribution in [1.29, 1.82) is 0 Å². The van der Waals surface area contributed by atoms with Crippen LogP contribution < -0.4 is 11.1 Å². The molecular formula is C13H10ClN3O2S2. The lowest BCUT2D eigenvalue weighted by Crippen LogP contribution is -2.23. The number of carbonyl (C=O) groups is 1. The lowest BCUT2D eigenvalue weighted by atomic mass is 10.2. The third-order valence-electron chi connectivity index (χ3n) is 2.76. The number of nitrogen functional groups attached to an aromatic ring is 1. The minimum atomic E-state index is -0.318. The predicted octanol–water partition coefficient (Wildman–Crippen LogP) is 3.63. The molecule has 0 spiro atoms. The molecule has 0 aromatic carbocycles. The number of aromatic nitrogens is 1. The molecule has 3 aromatic rings. The fourth-order valence-corrected chi connectivity index (χ4v) is 3.48. The first kappa shape index (κ1) is 14.1. The van der Waals surface area contributed by atoms with Crippen LogP contribution in [0.25, 0.3) is 10.6 Å². The zero-order chi connectivity index (χ0) is 14.8. The van der Waals surface area contributed by atoms with E-state index in [1.165, 1.54) is 11.3 Å². The van der Waals surface area contributed by atoms with Gasteiger partial charge in [-0.15, -0.1) is 22.7 Å². The number of carbonyl (C=O) groups excluding carboxylic acids is 1. The predicted molar refractivity (Wildman–Crippen MR) is 84.7 cm³/mol. The summed E-state index contributed by atoms with van der Waals surface area (Å²) in [5.74, 6) is -0.320. The zero-order valence-corrected chi connectivity index (χ0v) is 13.0. The van der Waals surface area contributed by atoms with E-state index in [-0.39, 0.29) is 17.4 Å². The van der Waals surface area contributed by atoms with Crippen molar-refractivity contribution in [2.24, 2.45) is 0 Å². The van der Waals surface area contributed by atoms with E-state index in [1.54, 1.807) is 23.5 Å². The minimum absolute atomic E-state index is 0.00166. The molecule has 3 aromatic heterocycles. The summed E-state index contributed by atoms with van der Waals surface area (Å²) in [7, 11) is 0. The SMILES string of the molecule is Nc1onc(-c2ccc(Cl)s2)c1C(=O)NCc1cccs1. The molecule has 0 unspecified atom stereocenters. The molecule has 21 heavy (non-hydrogen) atoms. The van der Waals surface area contributed by atoms with E-state index in [0.29, 0.717) is 16.6 Å². The average molecular weight is 340 g/mol. The third-order valence-corrected chi connectivity index (χ3v) is 4.87. The van der Waals surface area contributed by atoms with Crippen LogP contribution in [-0.4, -0.2) is 11.1 Å². The Morgan fingerprint density at radius 1 is 1.43 bits per heavy atom. The number of thiophene rings is 2. The number of nitrogens with one attached hydrogen (secondary N) is 1. The number of nitrogens with zero attached hydrogens (tertiary/aromatic N) is 1. The molecule has 3 N–H and O–H groups in total. The van der Waals surface area contributed by atoms with E-state index >= 15 is 0 Å². The number of hydrogen-bond donors (Lipinski definition) is 2. The Morgan fingerprint density at radius 3 is 2.95 bits per heavy atom. The number of nitrogens with two attached hydrogens (primary N) is 1. The highest BCUT2D eigenvalue weighted by atomic mass is 35.5. The third kappa shape index (κ3) is 2.94. The standard InChI is InChI=1S/C13H10ClN3O2S2/c14-9-4-3-8(21-9)11-10(12(15)19-17-11)13(18)16-6-7-2-1-5-20-7/h1-5H,6,15H2,(H,16,18). The van der Waals surface area contributed by atoms with Gasteiger partial charge in [0.2, 0.25) is 5.88 Å². The summed E-state index contributed by atoms with van der Waals surface area (Å²) in [6, 6.07) is 7.39. The van der Waals surface area contributed by atoms with Crippen LogP contribution in [-0.2, 0) is 6.54 Å². The Hall–Kier alpha value is -1.83. The van der Waals surface area contributed by atoms with Crippen LogP contribution in [0.5, 0.6) is 0 Å². The van der Waals surface area contributed by atoms with E-state index in [0.717, 1.165) is 9.75 Å². The van der Waals surface area contributed by atoms with Crippen molar-refractivity contribution in [1.82, 2.24) is 10.5 Å². The Balaban J connectivity index is 1.84. The first-order chi connectivity index (χ1) is 10.1. The molecule has 1 amide bonds. The second-order valence-electron chi connectivity index (χ2n) is 4.14. The summed E-state index contributed by atoms with van der Waals surface area (Å²) in [5.41, 5.74) is 6.37. The van der Waals surface area contributed by atoms with Crippen LogP contribution in [0, 0.1) is 0 Å². The molecule has 0 saturated carbocycles. The van der Waals surface area contributed by atoms with Gasteiger partial charge in [-0.2, -0.15) is 0 Å². The second kappa shape index (κ2) is 5.88. The maximum absolute atomic E-state index is 12.3. The number of anilines is 1. The van der Waals surface area contributed by atoms with E-state index in [1.807, 2.05) is 17.5 Å². The van der Waals surface area contributed by atoms with Crippen molar-refractivity contribution in [3.63, 3.8) is 0 Å². The fraction of sp³-hybridized carbons (Fsp3) is 0.0769. The largest absolute Gasteiger partial charge is 0.367 e. The minimum Gasteiger partial charge on any atom is -0.367 e. The molecule has 0 aliphatic rings. The molecule has 3 rings (SSSR count). The summed E-state index contributed by atoms with van der Waals surface area (Å²) >= 11 is 8.79. The smallest absolute Gasteiger partial charge is 0.259 e. The molecule has 0 aliphatic heterocycles. The van der Waals surface area contributed by atoms with Gasteiger partial charge in [0.15, 0.2) is 0 Å². The lowest BCUT2D eigenvalue weighted by molar-refractivity contribution is 0.0952. The first-order valence-corrected chi connectivity index (χ1v) is 8.04. The molecule has 8 heteroatoms. The number of amides is 1.